The molecule has 0 spiro atoms. The summed E-state index contributed by atoms with van der Waals surface area (Å²) in [5.41, 5.74) is 2.31. The van der Waals surface area contributed by atoms with Crippen molar-refractivity contribution < 1.29 is 24.5 Å². The van der Waals surface area contributed by atoms with Gasteiger partial charge in [-0.15, -0.1) is 0 Å². The van der Waals surface area contributed by atoms with E-state index < -0.39 is 11.2 Å². The largest absolute Gasteiger partial charge is 0.508 e. The Morgan fingerprint density at radius 2 is 1.89 bits per heavy atom. The van der Waals surface area contributed by atoms with Crippen LogP contribution in [0, 0.1) is 6.92 Å². The summed E-state index contributed by atoms with van der Waals surface area (Å²) in [6, 6.07) is 5.79. The van der Waals surface area contributed by atoms with Crippen LogP contribution in [-0.2, 0) is 6.42 Å². The van der Waals surface area contributed by atoms with Gasteiger partial charge in [-0.3, -0.25) is 4.79 Å². The van der Waals surface area contributed by atoms with Crippen molar-refractivity contribution in [3.63, 3.8) is 0 Å². The molecule has 0 saturated heterocycles. The number of ether oxygens (including phenoxy) is 1. The molecule has 1 aromatic heterocycles. The number of rotatable bonds is 4. The molecule has 3 N–H and O–H groups in total. The monoisotopic (exact) mass is 382 g/mol. The first-order chi connectivity index (χ1) is 13.2. The highest BCUT2D eigenvalue weighted by Gasteiger charge is 2.23. The van der Waals surface area contributed by atoms with Crippen molar-refractivity contribution in [1.82, 2.24) is 0 Å². The molecule has 0 aliphatic rings. The van der Waals surface area contributed by atoms with Crippen molar-refractivity contribution in [2.24, 2.45) is 0 Å². The zero-order valence-corrected chi connectivity index (χ0v) is 16.2. The average molecular weight is 382 g/mol. The van der Waals surface area contributed by atoms with Crippen molar-refractivity contribution in [2.75, 3.05) is 7.11 Å². The van der Waals surface area contributed by atoms with Gasteiger partial charge in [-0.25, -0.2) is 0 Å². The maximum atomic E-state index is 12.9. The Morgan fingerprint density at radius 1 is 1.18 bits per heavy atom. The van der Waals surface area contributed by atoms with Crippen molar-refractivity contribution in [3.05, 3.63) is 57.3 Å². The van der Waals surface area contributed by atoms with E-state index in [1.165, 1.54) is 13.2 Å². The molecular weight excluding hydrogens is 360 g/mol. The molecule has 0 aliphatic heterocycles. The van der Waals surface area contributed by atoms with E-state index >= 15 is 0 Å². The maximum Gasteiger partial charge on any atom is 0.239 e. The highest BCUT2D eigenvalue weighted by Crippen LogP contribution is 2.40. The smallest absolute Gasteiger partial charge is 0.239 e. The van der Waals surface area contributed by atoms with Crippen LogP contribution in [0.2, 0.25) is 0 Å². The number of aryl methyl sites for hydroxylation is 1. The third kappa shape index (κ3) is 3.29. The number of phenols is 3. The second-order valence-corrected chi connectivity index (χ2v) is 6.87. The molecule has 3 aromatic rings. The van der Waals surface area contributed by atoms with Crippen LogP contribution in [0.15, 0.2) is 45.1 Å². The molecule has 0 unspecified atom stereocenters. The van der Waals surface area contributed by atoms with E-state index in [0.29, 0.717) is 23.1 Å². The van der Waals surface area contributed by atoms with Crippen LogP contribution in [-0.4, -0.2) is 22.4 Å². The van der Waals surface area contributed by atoms with Crippen LogP contribution in [0.5, 0.6) is 23.0 Å². The van der Waals surface area contributed by atoms with Crippen molar-refractivity contribution >= 4 is 11.0 Å². The number of aromatic hydroxyl groups is 3. The number of hydrogen-bond acceptors (Lipinski definition) is 6. The van der Waals surface area contributed by atoms with Crippen LogP contribution in [0.25, 0.3) is 22.3 Å². The highest BCUT2D eigenvalue weighted by atomic mass is 16.5. The van der Waals surface area contributed by atoms with E-state index in [2.05, 4.69) is 0 Å². The molecule has 0 saturated carbocycles. The first-order valence-electron chi connectivity index (χ1n) is 8.76. The molecule has 1 heterocycles. The molecule has 146 valence electrons. The lowest BCUT2D eigenvalue weighted by Gasteiger charge is -2.15. The first-order valence-corrected chi connectivity index (χ1v) is 8.76. The predicted octanol–water partition coefficient (Wildman–Crippen LogP) is 4.40. The molecule has 28 heavy (non-hydrogen) atoms. The zero-order chi connectivity index (χ0) is 20.6. The van der Waals surface area contributed by atoms with Gasteiger partial charge >= 0.3 is 0 Å². The second-order valence-electron chi connectivity index (χ2n) is 6.87. The Morgan fingerprint density at radius 3 is 2.54 bits per heavy atom. The van der Waals surface area contributed by atoms with Gasteiger partial charge in [-0.1, -0.05) is 23.8 Å². The van der Waals surface area contributed by atoms with Crippen LogP contribution >= 0.6 is 0 Å². The minimum Gasteiger partial charge on any atom is -0.508 e. The fourth-order valence-corrected chi connectivity index (χ4v) is 3.11. The van der Waals surface area contributed by atoms with E-state index in [0.717, 1.165) is 11.6 Å². The average Bonchev–Trinajstić information content (AvgIpc) is 2.61. The molecule has 0 fully saturated rings. The van der Waals surface area contributed by atoms with E-state index in [-0.39, 0.29) is 34.0 Å². The third-order valence-electron chi connectivity index (χ3n) is 4.57. The fourth-order valence-electron chi connectivity index (χ4n) is 3.11. The summed E-state index contributed by atoms with van der Waals surface area (Å²) in [6.07, 6.45) is 2.39. The van der Waals surface area contributed by atoms with E-state index in [9.17, 15) is 20.1 Å². The molecule has 2 aromatic carbocycles. The van der Waals surface area contributed by atoms with Gasteiger partial charge in [0.2, 0.25) is 11.2 Å². The molecule has 0 bridgehead atoms. The van der Waals surface area contributed by atoms with Gasteiger partial charge in [0.15, 0.2) is 5.76 Å². The van der Waals surface area contributed by atoms with Gasteiger partial charge in [0.25, 0.3) is 0 Å². The molecule has 0 radical (unpaired) electrons. The maximum absolute atomic E-state index is 12.9. The van der Waals surface area contributed by atoms with Gasteiger partial charge in [0.1, 0.15) is 28.2 Å². The Labute approximate surface area is 161 Å². The Hall–Kier alpha value is -3.41. The zero-order valence-electron chi connectivity index (χ0n) is 16.2. The SMILES string of the molecule is COc1c(-c2ccc(C)c(O)c2CC=C(C)C)oc2cc(O)cc(O)c2c1=O. The first kappa shape index (κ1) is 19.4. The minimum absolute atomic E-state index is 0.0199. The van der Waals surface area contributed by atoms with E-state index in [1.54, 1.807) is 19.1 Å². The normalized spacial score (nSPS) is 10.9. The summed E-state index contributed by atoms with van der Waals surface area (Å²) in [6.45, 7) is 5.69. The summed E-state index contributed by atoms with van der Waals surface area (Å²) < 4.78 is 11.2. The Kier molecular flexibility index (Phi) is 5.05. The van der Waals surface area contributed by atoms with Crippen LogP contribution < -0.4 is 10.2 Å². The van der Waals surface area contributed by atoms with E-state index in [4.69, 9.17) is 9.15 Å². The van der Waals surface area contributed by atoms with Gasteiger partial charge in [0, 0.05) is 23.3 Å². The quantitative estimate of drug-likeness (QED) is 0.578. The number of allylic oxidation sites excluding steroid dienone is 2. The summed E-state index contributed by atoms with van der Waals surface area (Å²) in [5.74, 6) is -0.489. The number of phenolic OH excluding ortho intramolecular Hbond substituents is 3. The van der Waals surface area contributed by atoms with Gasteiger partial charge in [0.05, 0.1) is 7.11 Å². The van der Waals surface area contributed by atoms with Crippen LogP contribution in [0.4, 0.5) is 0 Å². The van der Waals surface area contributed by atoms with Gasteiger partial charge in [-0.05, 0) is 32.8 Å². The van der Waals surface area contributed by atoms with Crippen LogP contribution in [0.1, 0.15) is 25.0 Å². The van der Waals surface area contributed by atoms with Crippen LogP contribution in [0.3, 0.4) is 0 Å². The minimum atomic E-state index is -0.565. The fraction of sp³-hybridized carbons (Fsp3) is 0.227. The number of benzene rings is 2. The molecule has 0 aliphatic carbocycles. The number of fused-ring (bicyclic) bond motifs is 1. The van der Waals surface area contributed by atoms with Crippen molar-refractivity contribution in [2.45, 2.75) is 27.2 Å². The summed E-state index contributed by atoms with van der Waals surface area (Å²) >= 11 is 0. The molecule has 6 heteroatoms. The predicted molar refractivity (Wildman–Crippen MR) is 107 cm³/mol. The number of hydrogen-bond donors (Lipinski definition) is 3. The lowest BCUT2D eigenvalue weighted by Crippen LogP contribution is -2.08. The molecule has 3 rings (SSSR count). The standard InChI is InChI=1S/C22H22O6/c1-11(2)5-7-14-15(8-6-12(3)19(14)25)21-22(27-4)20(26)18-16(24)9-13(23)10-17(18)28-21/h5-6,8-10,23-25H,7H2,1-4H3. The molecule has 0 atom stereocenters. The number of methoxy groups -OCH3 is 1. The molecule has 0 amide bonds. The Balaban J connectivity index is 2.40. The molecule has 6 nitrogen and oxygen atoms in total. The second kappa shape index (κ2) is 7.31. The topological polar surface area (TPSA) is 100 Å². The van der Waals surface area contributed by atoms with E-state index in [1.807, 2.05) is 19.9 Å². The summed E-state index contributed by atoms with van der Waals surface area (Å²) in [4.78, 5) is 12.9. The lowest BCUT2D eigenvalue weighted by molar-refractivity contribution is 0.396. The van der Waals surface area contributed by atoms with Crippen molar-refractivity contribution in [3.8, 4) is 34.3 Å². The van der Waals surface area contributed by atoms with Crippen molar-refractivity contribution in [1.29, 1.82) is 0 Å². The highest BCUT2D eigenvalue weighted by molar-refractivity contribution is 5.88. The van der Waals surface area contributed by atoms with Gasteiger partial charge in [-0.2, -0.15) is 0 Å². The summed E-state index contributed by atoms with van der Waals surface area (Å²) in [5, 5.41) is 30.4. The Bertz CT molecular complexity index is 1150. The molecular formula is C22H22O6. The lowest BCUT2D eigenvalue weighted by atomic mass is 9.96. The van der Waals surface area contributed by atoms with Gasteiger partial charge < -0.3 is 24.5 Å². The third-order valence-corrected chi connectivity index (χ3v) is 4.57. The summed E-state index contributed by atoms with van der Waals surface area (Å²) in [7, 11) is 1.34.